The van der Waals surface area contributed by atoms with Gasteiger partial charge in [-0.05, 0) is 48.6 Å². The van der Waals surface area contributed by atoms with Crippen LogP contribution in [0.3, 0.4) is 0 Å². The first-order valence-electron chi connectivity index (χ1n) is 8.15. The van der Waals surface area contributed by atoms with E-state index in [1.54, 1.807) is 0 Å². The number of carbonyl (C=O) groups is 1. The second-order valence-corrected chi connectivity index (χ2v) is 6.93. The third-order valence-corrected chi connectivity index (χ3v) is 5.47. The number of likely N-dealkylation sites (tertiary alicyclic amines) is 1. The van der Waals surface area contributed by atoms with E-state index in [0.29, 0.717) is 30.2 Å². The number of fused-ring (bicyclic) bond motifs is 1. The molecule has 3 rings (SSSR count). The van der Waals surface area contributed by atoms with Gasteiger partial charge in [0.1, 0.15) is 0 Å². The Morgan fingerprint density at radius 1 is 1.33 bits per heavy atom. The molecule has 21 heavy (non-hydrogen) atoms. The number of amides is 1. The van der Waals surface area contributed by atoms with Crippen LogP contribution in [0, 0.1) is 18.8 Å². The summed E-state index contributed by atoms with van der Waals surface area (Å²) in [6.07, 6.45) is 2.94. The minimum Gasteiger partial charge on any atom is -0.342 e. The first-order valence-corrected chi connectivity index (χ1v) is 8.15. The van der Waals surface area contributed by atoms with Gasteiger partial charge in [-0.2, -0.15) is 0 Å². The molecule has 1 aliphatic carbocycles. The zero-order chi connectivity index (χ0) is 15.0. The minimum absolute atomic E-state index is 0.285. The molecule has 4 atom stereocenters. The van der Waals surface area contributed by atoms with Crippen molar-refractivity contribution >= 4 is 5.91 Å². The SMILES string of the molecule is Cc1ccccc1C(C)CC(=O)N1CC2CCC(N)C2C1. The van der Waals surface area contributed by atoms with Crippen LogP contribution < -0.4 is 5.73 Å². The maximum absolute atomic E-state index is 12.6. The highest BCUT2D eigenvalue weighted by molar-refractivity contribution is 5.77. The molecular formula is C18H26N2O. The fraction of sp³-hybridized carbons (Fsp3) is 0.611. The number of hydrogen-bond acceptors (Lipinski definition) is 2. The van der Waals surface area contributed by atoms with Crippen molar-refractivity contribution in [3.05, 3.63) is 35.4 Å². The molecule has 3 heteroatoms. The molecule has 2 N–H and O–H groups in total. The normalized spacial score (nSPS) is 29.5. The van der Waals surface area contributed by atoms with Gasteiger partial charge in [0.25, 0.3) is 0 Å². The van der Waals surface area contributed by atoms with Gasteiger partial charge in [0.2, 0.25) is 5.91 Å². The number of benzene rings is 1. The van der Waals surface area contributed by atoms with Gasteiger partial charge in [-0.25, -0.2) is 0 Å². The van der Waals surface area contributed by atoms with Gasteiger partial charge in [0.15, 0.2) is 0 Å². The molecule has 0 aromatic heterocycles. The summed E-state index contributed by atoms with van der Waals surface area (Å²) in [6.45, 7) is 6.08. The average molecular weight is 286 g/mol. The molecule has 0 bridgehead atoms. The Kier molecular flexibility index (Phi) is 4.03. The van der Waals surface area contributed by atoms with E-state index in [9.17, 15) is 4.79 Å². The molecule has 1 aromatic rings. The van der Waals surface area contributed by atoms with Crippen LogP contribution in [-0.4, -0.2) is 29.9 Å². The Hall–Kier alpha value is -1.35. The van der Waals surface area contributed by atoms with Crippen LogP contribution in [0.2, 0.25) is 0 Å². The lowest BCUT2D eigenvalue weighted by atomic mass is 9.93. The molecule has 0 radical (unpaired) electrons. The van der Waals surface area contributed by atoms with Gasteiger partial charge in [-0.1, -0.05) is 31.2 Å². The Morgan fingerprint density at radius 3 is 2.81 bits per heavy atom. The second kappa shape index (κ2) is 5.80. The van der Waals surface area contributed by atoms with Crippen molar-refractivity contribution in [1.82, 2.24) is 4.90 Å². The van der Waals surface area contributed by atoms with Gasteiger partial charge >= 0.3 is 0 Å². The largest absolute Gasteiger partial charge is 0.342 e. The lowest BCUT2D eigenvalue weighted by Crippen LogP contribution is -2.34. The number of aryl methyl sites for hydroxylation is 1. The molecular weight excluding hydrogens is 260 g/mol. The van der Waals surface area contributed by atoms with Crippen LogP contribution in [0.4, 0.5) is 0 Å². The predicted molar refractivity (Wildman–Crippen MR) is 85.0 cm³/mol. The maximum Gasteiger partial charge on any atom is 0.223 e. The molecule has 1 amide bonds. The summed E-state index contributed by atoms with van der Waals surface area (Å²) < 4.78 is 0. The quantitative estimate of drug-likeness (QED) is 0.928. The van der Waals surface area contributed by atoms with E-state index in [1.807, 2.05) is 0 Å². The summed E-state index contributed by atoms with van der Waals surface area (Å²) >= 11 is 0. The van der Waals surface area contributed by atoms with Crippen LogP contribution in [0.5, 0.6) is 0 Å². The van der Waals surface area contributed by atoms with Gasteiger partial charge < -0.3 is 10.6 Å². The van der Waals surface area contributed by atoms with Gasteiger partial charge in [0, 0.05) is 25.6 Å². The average Bonchev–Trinajstić information content (AvgIpc) is 3.02. The molecule has 1 aromatic carbocycles. The zero-order valence-electron chi connectivity index (χ0n) is 13.1. The highest BCUT2D eigenvalue weighted by atomic mass is 16.2. The Morgan fingerprint density at radius 2 is 2.10 bits per heavy atom. The van der Waals surface area contributed by atoms with Crippen LogP contribution in [-0.2, 0) is 4.79 Å². The van der Waals surface area contributed by atoms with Crippen molar-refractivity contribution in [2.24, 2.45) is 17.6 Å². The Bertz CT molecular complexity index is 528. The van der Waals surface area contributed by atoms with E-state index in [1.165, 1.54) is 17.5 Å². The van der Waals surface area contributed by atoms with Crippen molar-refractivity contribution in [1.29, 1.82) is 0 Å². The summed E-state index contributed by atoms with van der Waals surface area (Å²) in [7, 11) is 0. The van der Waals surface area contributed by atoms with Crippen LogP contribution in [0.25, 0.3) is 0 Å². The van der Waals surface area contributed by atoms with Gasteiger partial charge in [-0.3, -0.25) is 4.79 Å². The van der Waals surface area contributed by atoms with Crippen molar-refractivity contribution in [2.45, 2.75) is 45.1 Å². The molecule has 114 valence electrons. The maximum atomic E-state index is 12.6. The van der Waals surface area contributed by atoms with Crippen LogP contribution in [0.1, 0.15) is 43.2 Å². The first kappa shape index (κ1) is 14.6. The Labute approximate surface area is 127 Å². The smallest absolute Gasteiger partial charge is 0.223 e. The monoisotopic (exact) mass is 286 g/mol. The number of nitrogens with zero attached hydrogens (tertiary/aromatic N) is 1. The fourth-order valence-corrected chi connectivity index (χ4v) is 4.15. The highest BCUT2D eigenvalue weighted by Gasteiger charge is 2.42. The van der Waals surface area contributed by atoms with Crippen molar-refractivity contribution in [3.63, 3.8) is 0 Å². The van der Waals surface area contributed by atoms with E-state index in [0.717, 1.165) is 19.5 Å². The standard InChI is InChI=1S/C18H26N2O/c1-12-5-3-4-6-15(12)13(2)9-18(21)20-10-14-7-8-17(19)16(14)11-20/h3-6,13-14,16-17H,7-11,19H2,1-2H3. The Balaban J connectivity index is 1.61. The summed E-state index contributed by atoms with van der Waals surface area (Å²) in [5.41, 5.74) is 8.73. The second-order valence-electron chi connectivity index (χ2n) is 6.93. The molecule has 2 aliphatic rings. The number of rotatable bonds is 3. The summed E-state index contributed by atoms with van der Waals surface area (Å²) in [6, 6.07) is 8.68. The minimum atomic E-state index is 0.285. The topological polar surface area (TPSA) is 46.3 Å². The van der Waals surface area contributed by atoms with E-state index in [4.69, 9.17) is 5.73 Å². The molecule has 1 aliphatic heterocycles. The lowest BCUT2D eigenvalue weighted by molar-refractivity contribution is -0.130. The summed E-state index contributed by atoms with van der Waals surface area (Å²) in [5, 5.41) is 0. The van der Waals surface area contributed by atoms with Crippen molar-refractivity contribution in [3.8, 4) is 0 Å². The molecule has 3 nitrogen and oxygen atoms in total. The highest BCUT2D eigenvalue weighted by Crippen LogP contribution is 2.37. The van der Waals surface area contributed by atoms with Crippen molar-refractivity contribution in [2.75, 3.05) is 13.1 Å². The molecule has 4 unspecified atom stereocenters. The molecule has 1 heterocycles. The first-order chi connectivity index (χ1) is 10.1. The molecule has 2 fully saturated rings. The number of carbonyl (C=O) groups excluding carboxylic acids is 1. The van der Waals surface area contributed by atoms with E-state index in [2.05, 4.69) is 43.0 Å². The predicted octanol–water partition coefficient (Wildman–Crippen LogP) is 2.68. The lowest BCUT2D eigenvalue weighted by Gasteiger charge is -2.21. The summed E-state index contributed by atoms with van der Waals surface area (Å²) in [4.78, 5) is 14.6. The molecule has 1 saturated heterocycles. The molecule has 1 saturated carbocycles. The fourth-order valence-electron chi connectivity index (χ4n) is 4.15. The van der Waals surface area contributed by atoms with Crippen LogP contribution in [0.15, 0.2) is 24.3 Å². The van der Waals surface area contributed by atoms with E-state index < -0.39 is 0 Å². The number of hydrogen-bond donors (Lipinski definition) is 1. The summed E-state index contributed by atoms with van der Waals surface area (Å²) in [5.74, 6) is 1.78. The number of nitrogens with two attached hydrogens (primary N) is 1. The van der Waals surface area contributed by atoms with E-state index in [-0.39, 0.29) is 5.92 Å². The molecule has 0 spiro atoms. The third kappa shape index (κ3) is 2.84. The zero-order valence-corrected chi connectivity index (χ0v) is 13.1. The van der Waals surface area contributed by atoms with E-state index >= 15 is 0 Å². The van der Waals surface area contributed by atoms with Gasteiger partial charge in [-0.15, -0.1) is 0 Å². The third-order valence-electron chi connectivity index (χ3n) is 5.47. The van der Waals surface area contributed by atoms with Crippen molar-refractivity contribution < 1.29 is 4.79 Å². The van der Waals surface area contributed by atoms with Crippen LogP contribution >= 0.6 is 0 Å². The van der Waals surface area contributed by atoms with Gasteiger partial charge in [0.05, 0.1) is 0 Å².